The van der Waals surface area contributed by atoms with Crippen molar-refractivity contribution in [2.75, 3.05) is 26.4 Å². The SMILES string of the molecule is CC1([C@H]2CC[C@H]3[C@@H]4CC[C@@H]5CC6(C/C(=N/O)[C@]5(C)[C@H]4[C@H](O)C[C@]23C)OCCO6)OCCO1. The predicted octanol–water partition coefficient (Wildman–Crippen LogP) is 3.56. The van der Waals surface area contributed by atoms with Crippen molar-refractivity contribution in [2.45, 2.75) is 83.4 Å². The molecule has 0 aromatic heterocycles. The van der Waals surface area contributed by atoms with Crippen molar-refractivity contribution in [1.82, 2.24) is 0 Å². The van der Waals surface area contributed by atoms with Crippen LogP contribution in [0.2, 0.25) is 0 Å². The van der Waals surface area contributed by atoms with Gasteiger partial charge in [-0.3, -0.25) is 0 Å². The molecule has 2 aliphatic heterocycles. The lowest BCUT2D eigenvalue weighted by Crippen LogP contribution is -2.64. The number of rotatable bonds is 1. The van der Waals surface area contributed by atoms with E-state index in [2.05, 4.69) is 25.9 Å². The zero-order valence-electron chi connectivity index (χ0n) is 19.7. The Kier molecular flexibility index (Phi) is 4.86. The molecule has 7 nitrogen and oxygen atoms in total. The minimum absolute atomic E-state index is 0.00699. The lowest BCUT2D eigenvalue weighted by molar-refractivity contribution is -0.233. The maximum Gasteiger partial charge on any atom is 0.174 e. The first-order valence-electron chi connectivity index (χ1n) is 12.7. The van der Waals surface area contributed by atoms with E-state index in [1.165, 1.54) is 0 Å². The van der Waals surface area contributed by atoms with Crippen molar-refractivity contribution >= 4 is 5.71 Å². The molecule has 8 atom stereocenters. The molecule has 6 aliphatic rings. The molecule has 6 fully saturated rings. The molecule has 4 saturated carbocycles. The molecule has 7 heteroatoms. The Morgan fingerprint density at radius 3 is 2.25 bits per heavy atom. The van der Waals surface area contributed by atoms with Gasteiger partial charge < -0.3 is 29.3 Å². The molecule has 180 valence electrons. The van der Waals surface area contributed by atoms with E-state index >= 15 is 0 Å². The van der Waals surface area contributed by atoms with Crippen molar-refractivity contribution < 1.29 is 29.3 Å². The van der Waals surface area contributed by atoms with Crippen LogP contribution >= 0.6 is 0 Å². The second-order valence-corrected chi connectivity index (χ2v) is 12.0. The molecule has 32 heavy (non-hydrogen) atoms. The first kappa shape index (κ1) is 21.8. The fraction of sp³-hybridized carbons (Fsp3) is 0.960. The van der Waals surface area contributed by atoms with Crippen LogP contribution in [0.5, 0.6) is 0 Å². The van der Waals surface area contributed by atoms with Gasteiger partial charge >= 0.3 is 0 Å². The Labute approximate surface area is 190 Å². The van der Waals surface area contributed by atoms with Crippen LogP contribution in [0, 0.1) is 40.4 Å². The Morgan fingerprint density at radius 2 is 1.56 bits per heavy atom. The second-order valence-electron chi connectivity index (χ2n) is 12.0. The number of ether oxygens (including phenoxy) is 4. The van der Waals surface area contributed by atoms with Gasteiger partial charge in [-0.1, -0.05) is 19.0 Å². The molecule has 0 aromatic carbocycles. The highest BCUT2D eigenvalue weighted by molar-refractivity contribution is 5.92. The molecule has 2 saturated heterocycles. The fourth-order valence-electron chi connectivity index (χ4n) is 9.65. The summed E-state index contributed by atoms with van der Waals surface area (Å²) in [7, 11) is 0. The maximum absolute atomic E-state index is 11.8. The molecule has 2 heterocycles. The van der Waals surface area contributed by atoms with Crippen molar-refractivity contribution in [3.05, 3.63) is 0 Å². The minimum atomic E-state index is -0.642. The number of aliphatic hydroxyl groups is 1. The standard InChI is InChI=1S/C25H39NO6/c1-22-13-18(27)21-16(17(22)6-7-19(22)24(3)29-8-9-30-24)5-4-15-12-25(31-10-11-32-25)14-20(26-28)23(15,21)2/h15-19,21,27-28H,4-14H2,1-3H3/b26-20-/t15-,16+,17+,18-,19+,21-,22+,23-/m1/s1. The van der Waals surface area contributed by atoms with Gasteiger partial charge in [-0.05, 0) is 68.1 Å². The van der Waals surface area contributed by atoms with Crippen LogP contribution < -0.4 is 0 Å². The quantitative estimate of drug-likeness (QED) is 0.470. The smallest absolute Gasteiger partial charge is 0.174 e. The highest BCUT2D eigenvalue weighted by Crippen LogP contribution is 2.69. The first-order valence-corrected chi connectivity index (χ1v) is 12.7. The topological polar surface area (TPSA) is 89.7 Å². The number of fused-ring (bicyclic) bond motifs is 5. The summed E-state index contributed by atoms with van der Waals surface area (Å²) in [6.07, 6.45) is 6.03. The van der Waals surface area contributed by atoms with E-state index in [0.717, 1.165) is 44.2 Å². The number of aliphatic hydroxyl groups excluding tert-OH is 1. The van der Waals surface area contributed by atoms with E-state index in [-0.39, 0.29) is 22.7 Å². The zero-order chi connectivity index (χ0) is 22.4. The number of oxime groups is 1. The molecule has 6 rings (SSSR count). The zero-order valence-corrected chi connectivity index (χ0v) is 19.7. The summed E-state index contributed by atoms with van der Waals surface area (Å²) >= 11 is 0. The van der Waals surface area contributed by atoms with Crippen LogP contribution in [0.15, 0.2) is 5.16 Å². The van der Waals surface area contributed by atoms with Crippen LogP contribution in [0.4, 0.5) is 0 Å². The number of hydrogen-bond donors (Lipinski definition) is 2. The van der Waals surface area contributed by atoms with Gasteiger partial charge in [0, 0.05) is 24.2 Å². The van der Waals surface area contributed by atoms with Gasteiger partial charge in [-0.15, -0.1) is 0 Å². The van der Waals surface area contributed by atoms with E-state index in [1.807, 2.05) is 0 Å². The molecule has 0 unspecified atom stereocenters. The van der Waals surface area contributed by atoms with Crippen LogP contribution in [-0.4, -0.2) is 60.1 Å². The molecule has 0 amide bonds. The Hall–Kier alpha value is -0.730. The van der Waals surface area contributed by atoms with E-state index in [9.17, 15) is 10.3 Å². The van der Waals surface area contributed by atoms with Gasteiger partial charge in [0.05, 0.1) is 38.2 Å². The Balaban J connectivity index is 1.34. The lowest BCUT2D eigenvalue weighted by Gasteiger charge is -2.63. The van der Waals surface area contributed by atoms with E-state index in [4.69, 9.17) is 18.9 Å². The molecular formula is C25H39NO6. The number of nitrogens with zero attached hydrogens (tertiary/aromatic N) is 1. The molecule has 0 bridgehead atoms. The molecular weight excluding hydrogens is 410 g/mol. The van der Waals surface area contributed by atoms with Gasteiger partial charge in [-0.2, -0.15) is 0 Å². The fourth-order valence-corrected chi connectivity index (χ4v) is 9.65. The Morgan fingerprint density at radius 1 is 0.875 bits per heavy atom. The van der Waals surface area contributed by atoms with Crippen molar-refractivity contribution in [3.63, 3.8) is 0 Å². The van der Waals surface area contributed by atoms with Gasteiger partial charge in [0.25, 0.3) is 0 Å². The maximum atomic E-state index is 11.8. The first-order chi connectivity index (χ1) is 15.3. The number of hydrogen-bond acceptors (Lipinski definition) is 7. The summed E-state index contributed by atoms with van der Waals surface area (Å²) in [5, 5.41) is 25.7. The van der Waals surface area contributed by atoms with Crippen molar-refractivity contribution in [3.8, 4) is 0 Å². The van der Waals surface area contributed by atoms with Crippen LogP contribution in [0.25, 0.3) is 0 Å². The highest BCUT2D eigenvalue weighted by atomic mass is 16.7. The van der Waals surface area contributed by atoms with Gasteiger partial charge in [0.2, 0.25) is 0 Å². The van der Waals surface area contributed by atoms with Crippen LogP contribution in [-0.2, 0) is 18.9 Å². The highest BCUT2D eigenvalue weighted by Gasteiger charge is 2.68. The molecule has 0 radical (unpaired) electrons. The van der Waals surface area contributed by atoms with Gasteiger partial charge in [0.1, 0.15) is 0 Å². The molecule has 4 aliphatic carbocycles. The van der Waals surface area contributed by atoms with Gasteiger partial charge in [0.15, 0.2) is 11.6 Å². The third-order valence-corrected chi connectivity index (χ3v) is 10.9. The summed E-state index contributed by atoms with van der Waals surface area (Å²) in [6, 6.07) is 0. The van der Waals surface area contributed by atoms with E-state index in [0.29, 0.717) is 50.6 Å². The molecule has 1 spiro atoms. The van der Waals surface area contributed by atoms with E-state index in [1.54, 1.807) is 0 Å². The third kappa shape index (κ3) is 2.75. The summed E-state index contributed by atoms with van der Waals surface area (Å²) in [6.45, 7) is 9.23. The molecule has 0 aromatic rings. The average Bonchev–Trinajstić information content (AvgIpc) is 3.47. The normalized spacial score (nSPS) is 52.7. The van der Waals surface area contributed by atoms with Gasteiger partial charge in [-0.25, -0.2) is 0 Å². The Bertz CT molecular complexity index is 789. The summed E-state index contributed by atoms with van der Waals surface area (Å²) in [4.78, 5) is 0. The van der Waals surface area contributed by atoms with E-state index < -0.39 is 17.7 Å². The third-order valence-electron chi connectivity index (χ3n) is 10.9. The van der Waals surface area contributed by atoms with Crippen molar-refractivity contribution in [1.29, 1.82) is 0 Å². The van der Waals surface area contributed by atoms with Crippen molar-refractivity contribution in [2.24, 2.45) is 45.6 Å². The predicted molar refractivity (Wildman–Crippen MR) is 116 cm³/mol. The average molecular weight is 450 g/mol. The summed E-state index contributed by atoms with van der Waals surface area (Å²) in [5.41, 5.74) is 0.422. The monoisotopic (exact) mass is 449 g/mol. The van der Waals surface area contributed by atoms with Crippen LogP contribution in [0.1, 0.15) is 65.7 Å². The summed E-state index contributed by atoms with van der Waals surface area (Å²) in [5.74, 6) is 0.441. The minimum Gasteiger partial charge on any atom is -0.411 e. The second kappa shape index (κ2) is 7.14. The van der Waals surface area contributed by atoms with Crippen LogP contribution in [0.3, 0.4) is 0 Å². The lowest BCUT2D eigenvalue weighted by atomic mass is 9.43. The summed E-state index contributed by atoms with van der Waals surface area (Å²) < 4.78 is 24.3. The largest absolute Gasteiger partial charge is 0.411 e. The molecule has 2 N–H and O–H groups in total.